The molecular weight excluding hydrogens is 340 g/mol. The van der Waals surface area contributed by atoms with E-state index in [1.165, 1.54) is 12.1 Å². The predicted molar refractivity (Wildman–Crippen MR) is 111 cm³/mol. The summed E-state index contributed by atoms with van der Waals surface area (Å²) < 4.78 is 11.3. The summed E-state index contributed by atoms with van der Waals surface area (Å²) in [5.41, 5.74) is 4.11. The second-order valence-electron chi connectivity index (χ2n) is 7.44. The Labute approximate surface area is 162 Å². The zero-order chi connectivity index (χ0) is 19.1. The van der Waals surface area contributed by atoms with Crippen LogP contribution in [0.15, 0.2) is 28.3 Å². The first-order chi connectivity index (χ1) is 13.2. The summed E-state index contributed by atoms with van der Waals surface area (Å²) >= 11 is 0. The van der Waals surface area contributed by atoms with Crippen LogP contribution in [0.1, 0.15) is 43.2 Å². The van der Waals surface area contributed by atoms with Crippen molar-refractivity contribution in [2.45, 2.75) is 51.2 Å². The first-order valence-corrected chi connectivity index (χ1v) is 9.99. The zero-order valence-corrected chi connectivity index (χ0v) is 16.6. The molecule has 2 saturated heterocycles. The van der Waals surface area contributed by atoms with E-state index < -0.39 is 0 Å². The summed E-state index contributed by atoms with van der Waals surface area (Å²) in [6.07, 6.45) is 8.07. The minimum Gasteiger partial charge on any atom is -0.380 e. The molecular formula is C21H32N4O2. The Bertz CT molecular complexity index is 668. The van der Waals surface area contributed by atoms with Gasteiger partial charge in [-0.1, -0.05) is 6.07 Å². The average molecular weight is 373 g/mol. The minimum atomic E-state index is 0.227. The van der Waals surface area contributed by atoms with E-state index in [4.69, 9.17) is 15.3 Å². The zero-order valence-electron chi connectivity index (χ0n) is 16.6. The summed E-state index contributed by atoms with van der Waals surface area (Å²) in [6, 6.07) is 6.44. The van der Waals surface area contributed by atoms with Gasteiger partial charge in [-0.05, 0) is 56.7 Å². The van der Waals surface area contributed by atoms with E-state index in [-0.39, 0.29) is 6.10 Å². The van der Waals surface area contributed by atoms with Crippen molar-refractivity contribution < 1.29 is 9.47 Å². The van der Waals surface area contributed by atoms with Crippen LogP contribution in [0, 0.1) is 6.92 Å². The maximum absolute atomic E-state index is 5.72. The van der Waals surface area contributed by atoms with Crippen LogP contribution in [0.5, 0.6) is 0 Å². The van der Waals surface area contributed by atoms with Gasteiger partial charge in [0, 0.05) is 44.3 Å². The molecule has 2 heterocycles. The van der Waals surface area contributed by atoms with E-state index in [0.717, 1.165) is 56.5 Å². The highest BCUT2D eigenvalue weighted by Gasteiger charge is 2.20. The smallest absolute Gasteiger partial charge is 0.108 e. The van der Waals surface area contributed by atoms with Gasteiger partial charge in [0.2, 0.25) is 0 Å². The van der Waals surface area contributed by atoms with Gasteiger partial charge in [-0.15, -0.1) is 0 Å². The molecule has 2 aliphatic rings. The number of benzene rings is 1. The third-order valence-electron chi connectivity index (χ3n) is 5.50. The Morgan fingerprint density at radius 2 is 2.22 bits per heavy atom. The summed E-state index contributed by atoms with van der Waals surface area (Å²) in [4.78, 5) is 6.92. The second kappa shape index (κ2) is 9.85. The summed E-state index contributed by atoms with van der Waals surface area (Å²) in [7, 11) is 1.80. The number of nitrogens with two attached hydrogens (primary N) is 1. The van der Waals surface area contributed by atoms with Gasteiger partial charge >= 0.3 is 0 Å². The molecule has 2 N–H and O–H groups in total. The number of methoxy groups -OCH3 is 1. The fourth-order valence-electron chi connectivity index (χ4n) is 3.88. The normalized spacial score (nSPS) is 24.5. The van der Waals surface area contributed by atoms with Crippen LogP contribution in [0.3, 0.4) is 0 Å². The lowest BCUT2D eigenvalue weighted by Gasteiger charge is -2.34. The molecule has 2 aliphatic heterocycles. The number of hydrogen-bond acceptors (Lipinski definition) is 6. The third kappa shape index (κ3) is 5.30. The molecule has 3 rings (SSSR count). The lowest BCUT2D eigenvalue weighted by Crippen LogP contribution is -2.39. The molecule has 2 fully saturated rings. The molecule has 0 spiro atoms. The van der Waals surface area contributed by atoms with Gasteiger partial charge in [0.05, 0.1) is 18.8 Å². The monoisotopic (exact) mass is 372 g/mol. The molecule has 2 atom stereocenters. The van der Waals surface area contributed by atoms with Crippen molar-refractivity contribution in [3.8, 4) is 0 Å². The molecule has 148 valence electrons. The fourth-order valence-corrected chi connectivity index (χ4v) is 3.88. The van der Waals surface area contributed by atoms with E-state index in [2.05, 4.69) is 40.1 Å². The first kappa shape index (κ1) is 19.8. The lowest BCUT2D eigenvalue weighted by molar-refractivity contribution is 0.0226. The summed E-state index contributed by atoms with van der Waals surface area (Å²) in [6.45, 7) is 5.62. The average Bonchev–Trinajstić information content (AvgIpc) is 2.72. The SMILES string of the molecule is COC1CCCN(c2ccc(/C(C=NCC3CCCCO3)=N/N)c(C)c2)C1. The number of piperidine rings is 1. The van der Waals surface area contributed by atoms with Gasteiger partial charge in [0.15, 0.2) is 0 Å². The minimum absolute atomic E-state index is 0.227. The molecule has 2 unspecified atom stereocenters. The summed E-state index contributed by atoms with van der Waals surface area (Å²) in [5.74, 6) is 5.65. The molecule has 27 heavy (non-hydrogen) atoms. The molecule has 6 heteroatoms. The molecule has 0 aromatic heterocycles. The number of ether oxygens (including phenoxy) is 2. The molecule has 0 bridgehead atoms. The van der Waals surface area contributed by atoms with E-state index in [9.17, 15) is 0 Å². The number of aryl methyl sites for hydroxylation is 1. The number of aliphatic imine (C=N–C) groups is 1. The Morgan fingerprint density at radius 3 is 2.93 bits per heavy atom. The molecule has 0 amide bonds. The largest absolute Gasteiger partial charge is 0.380 e. The van der Waals surface area contributed by atoms with Gasteiger partial charge in [-0.25, -0.2) is 0 Å². The van der Waals surface area contributed by atoms with Crippen molar-refractivity contribution in [3.05, 3.63) is 29.3 Å². The molecule has 0 saturated carbocycles. The highest BCUT2D eigenvalue weighted by molar-refractivity contribution is 6.38. The number of hydrogen-bond donors (Lipinski definition) is 1. The van der Waals surface area contributed by atoms with Gasteiger partial charge in [-0.2, -0.15) is 5.10 Å². The number of hydrazone groups is 1. The van der Waals surface area contributed by atoms with Gasteiger partial charge in [0.1, 0.15) is 5.71 Å². The highest BCUT2D eigenvalue weighted by Crippen LogP contribution is 2.24. The van der Waals surface area contributed by atoms with Crippen LogP contribution in [0.4, 0.5) is 5.69 Å². The van der Waals surface area contributed by atoms with Crippen molar-refractivity contribution in [3.63, 3.8) is 0 Å². The van der Waals surface area contributed by atoms with E-state index in [0.29, 0.717) is 18.4 Å². The Kier molecular flexibility index (Phi) is 7.24. The molecule has 0 radical (unpaired) electrons. The molecule has 1 aromatic carbocycles. The fraction of sp³-hybridized carbons (Fsp3) is 0.619. The topological polar surface area (TPSA) is 72.4 Å². The van der Waals surface area contributed by atoms with Gasteiger partial charge in [-0.3, -0.25) is 4.99 Å². The van der Waals surface area contributed by atoms with Crippen molar-refractivity contribution in [2.75, 3.05) is 38.3 Å². The Morgan fingerprint density at radius 1 is 1.33 bits per heavy atom. The van der Waals surface area contributed by atoms with E-state index in [1.54, 1.807) is 13.3 Å². The van der Waals surface area contributed by atoms with Crippen LogP contribution in [0.25, 0.3) is 0 Å². The Balaban J connectivity index is 1.66. The third-order valence-corrected chi connectivity index (χ3v) is 5.50. The van der Waals surface area contributed by atoms with Crippen molar-refractivity contribution in [2.24, 2.45) is 15.9 Å². The standard InChI is InChI=1S/C21H32N4O2/c1-16-12-17(25-10-5-7-19(15-25)26-2)8-9-20(16)21(24-22)14-23-13-18-6-3-4-11-27-18/h8-9,12,14,18-19H,3-7,10-11,13,15,22H2,1-2H3/b23-14?,24-21+. The lowest BCUT2D eigenvalue weighted by atomic mass is 10.0. The second-order valence-corrected chi connectivity index (χ2v) is 7.44. The van der Waals surface area contributed by atoms with Crippen LogP contribution in [-0.4, -0.2) is 57.5 Å². The van der Waals surface area contributed by atoms with Crippen LogP contribution < -0.4 is 10.7 Å². The van der Waals surface area contributed by atoms with E-state index in [1.807, 2.05) is 0 Å². The maximum atomic E-state index is 5.72. The quantitative estimate of drug-likeness (QED) is 0.473. The molecule has 0 aliphatic carbocycles. The first-order valence-electron chi connectivity index (χ1n) is 9.99. The van der Waals surface area contributed by atoms with Crippen LogP contribution in [-0.2, 0) is 9.47 Å². The van der Waals surface area contributed by atoms with Crippen LogP contribution >= 0.6 is 0 Å². The van der Waals surface area contributed by atoms with E-state index >= 15 is 0 Å². The number of rotatable bonds is 6. The molecule has 1 aromatic rings. The predicted octanol–water partition coefficient (Wildman–Crippen LogP) is 2.91. The van der Waals surface area contributed by atoms with Crippen molar-refractivity contribution in [1.29, 1.82) is 0 Å². The highest BCUT2D eigenvalue weighted by atomic mass is 16.5. The van der Waals surface area contributed by atoms with Crippen LogP contribution in [0.2, 0.25) is 0 Å². The Hall–Kier alpha value is -1.92. The number of anilines is 1. The maximum Gasteiger partial charge on any atom is 0.108 e. The van der Waals surface area contributed by atoms with Gasteiger partial charge in [0.25, 0.3) is 0 Å². The summed E-state index contributed by atoms with van der Waals surface area (Å²) in [5, 5.41) is 3.96. The molecule has 6 nitrogen and oxygen atoms in total. The van der Waals surface area contributed by atoms with Crippen molar-refractivity contribution in [1.82, 2.24) is 0 Å². The number of nitrogens with zero attached hydrogens (tertiary/aromatic N) is 3. The van der Waals surface area contributed by atoms with Gasteiger partial charge < -0.3 is 20.2 Å². The van der Waals surface area contributed by atoms with Crippen molar-refractivity contribution >= 4 is 17.6 Å².